The minimum atomic E-state index is -3.81. The van der Waals surface area contributed by atoms with Crippen LogP contribution in [0.1, 0.15) is 19.4 Å². The van der Waals surface area contributed by atoms with Gasteiger partial charge in [-0.2, -0.15) is 0 Å². The van der Waals surface area contributed by atoms with Crippen LogP contribution in [-0.2, 0) is 20.4 Å². The van der Waals surface area contributed by atoms with Crippen molar-refractivity contribution in [3.8, 4) is 0 Å². The topological polar surface area (TPSA) is 54.5 Å². The van der Waals surface area contributed by atoms with Gasteiger partial charge in [0.05, 0.1) is 5.75 Å². The van der Waals surface area contributed by atoms with Gasteiger partial charge in [-0.15, -0.1) is 0 Å². The molecule has 7 heteroatoms. The Morgan fingerprint density at radius 2 is 1.84 bits per heavy atom. The highest BCUT2D eigenvalue weighted by molar-refractivity contribution is 7.92. The molecule has 2 rings (SSSR count). The van der Waals surface area contributed by atoms with Crippen LogP contribution >= 0.6 is 11.6 Å². The summed E-state index contributed by atoms with van der Waals surface area (Å²) in [6, 6.07) is 12.4. The molecule has 2 aromatic rings. The average molecular weight is 384 g/mol. The summed E-state index contributed by atoms with van der Waals surface area (Å²) in [5.74, 6) is -1.48. The highest BCUT2D eigenvalue weighted by Crippen LogP contribution is 2.23. The number of hydrogen-bond acceptors (Lipinski definition) is 3. The van der Waals surface area contributed by atoms with E-state index in [0.29, 0.717) is 12.2 Å². The standard InChI is InChI=1S/C18H19ClFNO3S/c1-3-21(16-7-5-4-6-8-16)18(22)13(2)25(23,24)12-14-9-10-15(20)11-17(14)19/h4-11,13H,3,12H2,1-2H3/t13-/m0/s1. The fraction of sp³-hybridized carbons (Fsp3) is 0.278. The van der Waals surface area contributed by atoms with E-state index in [-0.39, 0.29) is 10.6 Å². The zero-order chi connectivity index (χ0) is 18.6. The van der Waals surface area contributed by atoms with E-state index in [1.165, 1.54) is 17.9 Å². The highest BCUT2D eigenvalue weighted by atomic mass is 35.5. The van der Waals surface area contributed by atoms with Crippen molar-refractivity contribution in [3.05, 3.63) is 64.9 Å². The van der Waals surface area contributed by atoms with E-state index in [0.717, 1.165) is 12.1 Å². The normalized spacial score (nSPS) is 12.6. The Balaban J connectivity index is 2.24. The van der Waals surface area contributed by atoms with Crippen LogP contribution in [0.15, 0.2) is 48.5 Å². The number of nitrogens with zero attached hydrogens (tertiary/aromatic N) is 1. The van der Waals surface area contributed by atoms with Crippen LogP contribution in [0.5, 0.6) is 0 Å². The Kier molecular flexibility index (Phi) is 6.19. The SMILES string of the molecule is CCN(C(=O)[C@H](C)S(=O)(=O)Cc1ccc(F)cc1Cl)c1ccccc1. The summed E-state index contributed by atoms with van der Waals surface area (Å²) >= 11 is 5.91. The first kappa shape index (κ1) is 19.4. The number of benzene rings is 2. The number of carbonyl (C=O) groups excluding carboxylic acids is 1. The lowest BCUT2D eigenvalue weighted by Crippen LogP contribution is -2.42. The molecule has 0 N–H and O–H groups in total. The number of hydrogen-bond donors (Lipinski definition) is 0. The maximum atomic E-state index is 13.1. The third-order valence-corrected chi connectivity index (χ3v) is 6.25. The Bertz CT molecular complexity index is 856. The second kappa shape index (κ2) is 7.97. The van der Waals surface area contributed by atoms with Crippen molar-refractivity contribution in [2.24, 2.45) is 0 Å². The van der Waals surface area contributed by atoms with Crippen LogP contribution in [0.25, 0.3) is 0 Å². The summed E-state index contributed by atoms with van der Waals surface area (Å²) in [5, 5.41) is -1.22. The number of sulfone groups is 1. The van der Waals surface area contributed by atoms with Crippen LogP contribution in [0.3, 0.4) is 0 Å². The molecule has 25 heavy (non-hydrogen) atoms. The van der Waals surface area contributed by atoms with Gasteiger partial charge in [-0.25, -0.2) is 12.8 Å². The van der Waals surface area contributed by atoms with Crippen molar-refractivity contribution >= 4 is 33.0 Å². The molecule has 0 unspecified atom stereocenters. The molecule has 0 aliphatic heterocycles. The summed E-state index contributed by atoms with van der Waals surface area (Å²) in [7, 11) is -3.81. The first-order valence-electron chi connectivity index (χ1n) is 7.78. The summed E-state index contributed by atoms with van der Waals surface area (Å²) in [6.45, 7) is 3.49. The predicted octanol–water partition coefficient (Wildman–Crippen LogP) is 3.84. The molecule has 1 atom stereocenters. The molecule has 0 heterocycles. The number of rotatable bonds is 6. The second-order valence-corrected chi connectivity index (χ2v) is 8.33. The summed E-state index contributed by atoms with van der Waals surface area (Å²) in [5.41, 5.74) is 0.905. The molecule has 4 nitrogen and oxygen atoms in total. The third kappa shape index (κ3) is 4.58. The number of halogens is 2. The van der Waals surface area contributed by atoms with Gasteiger partial charge in [-0.3, -0.25) is 4.79 Å². The van der Waals surface area contributed by atoms with Gasteiger partial charge in [-0.05, 0) is 43.7 Å². The van der Waals surface area contributed by atoms with Gasteiger partial charge in [0.15, 0.2) is 9.84 Å². The molecule has 0 saturated heterocycles. The molecule has 0 aromatic heterocycles. The largest absolute Gasteiger partial charge is 0.312 e. The van der Waals surface area contributed by atoms with Crippen molar-refractivity contribution in [1.82, 2.24) is 0 Å². The highest BCUT2D eigenvalue weighted by Gasteiger charge is 2.32. The van der Waals surface area contributed by atoms with E-state index in [1.807, 2.05) is 6.07 Å². The summed E-state index contributed by atoms with van der Waals surface area (Å²) < 4.78 is 38.4. The smallest absolute Gasteiger partial charge is 0.245 e. The minimum Gasteiger partial charge on any atom is -0.312 e. The zero-order valence-corrected chi connectivity index (χ0v) is 15.5. The van der Waals surface area contributed by atoms with Crippen molar-refractivity contribution in [2.45, 2.75) is 24.9 Å². The molecular weight excluding hydrogens is 365 g/mol. The van der Waals surface area contributed by atoms with Crippen molar-refractivity contribution in [1.29, 1.82) is 0 Å². The molecule has 0 radical (unpaired) electrons. The summed E-state index contributed by atoms with van der Waals surface area (Å²) in [4.78, 5) is 14.1. The van der Waals surface area contributed by atoms with Gasteiger partial charge in [0.1, 0.15) is 11.1 Å². The molecule has 0 aliphatic carbocycles. The Morgan fingerprint density at radius 3 is 2.40 bits per heavy atom. The Hall–Kier alpha value is -1.92. The fourth-order valence-electron chi connectivity index (χ4n) is 2.43. The predicted molar refractivity (Wildman–Crippen MR) is 98.0 cm³/mol. The van der Waals surface area contributed by atoms with Crippen molar-refractivity contribution in [2.75, 3.05) is 11.4 Å². The van der Waals surface area contributed by atoms with Crippen molar-refractivity contribution < 1.29 is 17.6 Å². The lowest BCUT2D eigenvalue weighted by Gasteiger charge is -2.24. The van der Waals surface area contributed by atoms with Gasteiger partial charge >= 0.3 is 0 Å². The monoisotopic (exact) mass is 383 g/mol. The van der Waals surface area contributed by atoms with Crippen LogP contribution in [0.2, 0.25) is 5.02 Å². The number of para-hydroxylation sites is 1. The van der Waals surface area contributed by atoms with E-state index < -0.39 is 32.6 Å². The van der Waals surface area contributed by atoms with Crippen molar-refractivity contribution in [3.63, 3.8) is 0 Å². The molecule has 0 aliphatic rings. The second-order valence-electron chi connectivity index (χ2n) is 5.60. The first-order valence-corrected chi connectivity index (χ1v) is 9.87. The lowest BCUT2D eigenvalue weighted by molar-refractivity contribution is -0.117. The molecule has 0 saturated carbocycles. The Morgan fingerprint density at radius 1 is 1.20 bits per heavy atom. The Labute approximate surface area is 152 Å². The van der Waals surface area contributed by atoms with E-state index >= 15 is 0 Å². The summed E-state index contributed by atoms with van der Waals surface area (Å²) in [6.07, 6.45) is 0. The van der Waals surface area contributed by atoms with Gasteiger partial charge in [0.25, 0.3) is 0 Å². The minimum absolute atomic E-state index is 0.0265. The zero-order valence-electron chi connectivity index (χ0n) is 13.9. The third-order valence-electron chi connectivity index (χ3n) is 3.91. The molecular formula is C18H19ClFNO3S. The maximum Gasteiger partial charge on any atom is 0.245 e. The maximum absolute atomic E-state index is 13.1. The number of carbonyl (C=O) groups is 1. The molecule has 0 fully saturated rings. The fourth-order valence-corrected chi connectivity index (χ4v) is 4.11. The van der Waals surface area contributed by atoms with E-state index in [9.17, 15) is 17.6 Å². The van der Waals surface area contributed by atoms with E-state index in [1.54, 1.807) is 31.2 Å². The molecule has 0 spiro atoms. The van der Waals surface area contributed by atoms with E-state index in [4.69, 9.17) is 11.6 Å². The average Bonchev–Trinajstić information content (AvgIpc) is 2.58. The molecule has 1 amide bonds. The van der Waals surface area contributed by atoms with Crippen LogP contribution in [-0.4, -0.2) is 26.1 Å². The van der Waals surface area contributed by atoms with E-state index in [2.05, 4.69) is 0 Å². The first-order chi connectivity index (χ1) is 11.8. The van der Waals surface area contributed by atoms with Gasteiger partial charge < -0.3 is 4.90 Å². The van der Waals surface area contributed by atoms with Crippen LogP contribution in [0.4, 0.5) is 10.1 Å². The van der Waals surface area contributed by atoms with Crippen LogP contribution < -0.4 is 4.90 Å². The quantitative estimate of drug-likeness (QED) is 0.761. The van der Waals surface area contributed by atoms with Crippen LogP contribution in [0, 0.1) is 5.82 Å². The van der Waals surface area contributed by atoms with Gasteiger partial charge in [0, 0.05) is 17.3 Å². The van der Waals surface area contributed by atoms with Gasteiger partial charge in [0.2, 0.25) is 5.91 Å². The lowest BCUT2D eigenvalue weighted by atomic mass is 10.2. The van der Waals surface area contributed by atoms with Gasteiger partial charge in [-0.1, -0.05) is 35.9 Å². The molecule has 0 bridgehead atoms. The number of amides is 1. The molecule has 134 valence electrons. The molecule has 2 aromatic carbocycles. The number of anilines is 1.